The van der Waals surface area contributed by atoms with Gasteiger partial charge in [0.2, 0.25) is 5.92 Å². The lowest BCUT2D eigenvalue weighted by Gasteiger charge is -2.08. The molecular formula is C30H28O24. The molecule has 0 saturated carbocycles. The number of rotatable bonds is 16. The Labute approximate surface area is 298 Å². The Morgan fingerprint density at radius 1 is 0.370 bits per heavy atom. The molecular weight excluding hydrogens is 744 g/mol. The number of carbonyl (C=O) groups is 12. The number of aliphatic carboxylic acids is 6. The third kappa shape index (κ3) is 18.2. The quantitative estimate of drug-likeness (QED) is 0.105. The molecule has 0 heterocycles. The van der Waals surface area contributed by atoms with E-state index in [2.05, 4.69) is 0 Å². The van der Waals surface area contributed by atoms with Crippen LogP contribution in [0, 0.1) is 11.8 Å². The van der Waals surface area contributed by atoms with Gasteiger partial charge in [0.15, 0.2) is 0 Å². The highest BCUT2D eigenvalue weighted by atomic mass is 16.4. The maximum absolute atomic E-state index is 10.6. The molecule has 24 nitrogen and oxygen atoms in total. The van der Waals surface area contributed by atoms with Crippen molar-refractivity contribution >= 4 is 71.6 Å². The van der Waals surface area contributed by atoms with Gasteiger partial charge in [0.05, 0.1) is 39.3 Å². The second-order valence-electron chi connectivity index (χ2n) is 9.74. The zero-order chi connectivity index (χ0) is 42.6. The van der Waals surface area contributed by atoms with Crippen LogP contribution in [-0.4, -0.2) is 133 Å². The summed E-state index contributed by atoms with van der Waals surface area (Å²) in [5, 5.41) is 101. The van der Waals surface area contributed by atoms with Crippen molar-refractivity contribution in [3.8, 4) is 0 Å². The third-order valence-electron chi connectivity index (χ3n) is 5.90. The summed E-state index contributed by atoms with van der Waals surface area (Å²) in [6.45, 7) is 0. The molecule has 0 unspecified atom stereocenters. The summed E-state index contributed by atoms with van der Waals surface area (Å²) < 4.78 is 0. The molecule has 0 amide bonds. The van der Waals surface area contributed by atoms with Gasteiger partial charge in [-0.05, 0) is 49.2 Å². The summed E-state index contributed by atoms with van der Waals surface area (Å²) in [6, 6.07) is 5.51. The minimum Gasteiger partial charge on any atom is -0.481 e. The highest BCUT2D eigenvalue weighted by molar-refractivity contribution is 6.10. The predicted octanol–water partition coefficient (Wildman–Crippen LogP) is 0.836. The fraction of sp³-hybridized carbons (Fsp3) is 0.200. The Morgan fingerprint density at radius 2 is 0.685 bits per heavy atom. The first-order valence-corrected chi connectivity index (χ1v) is 13.8. The van der Waals surface area contributed by atoms with Crippen LogP contribution in [0.15, 0.2) is 36.4 Å². The summed E-state index contributed by atoms with van der Waals surface area (Å²) in [5.74, 6) is -20.5. The van der Waals surface area contributed by atoms with E-state index in [0.717, 1.165) is 36.4 Å². The molecule has 2 rings (SSSR count). The lowest BCUT2D eigenvalue weighted by molar-refractivity contribution is -0.164. The molecule has 0 radical (unpaired) electrons. The lowest BCUT2D eigenvalue weighted by Crippen LogP contribution is -2.31. The zero-order valence-corrected chi connectivity index (χ0v) is 26.7. The van der Waals surface area contributed by atoms with Crippen LogP contribution < -0.4 is 0 Å². The van der Waals surface area contributed by atoms with E-state index in [1.54, 1.807) is 0 Å². The number of hydrogen-bond donors (Lipinski definition) is 12. The van der Waals surface area contributed by atoms with Crippen molar-refractivity contribution in [3.05, 3.63) is 69.8 Å². The van der Waals surface area contributed by atoms with Gasteiger partial charge in [-0.2, -0.15) is 0 Å². The summed E-state index contributed by atoms with van der Waals surface area (Å²) >= 11 is 0. The van der Waals surface area contributed by atoms with Crippen molar-refractivity contribution in [1.29, 1.82) is 0 Å². The normalized spacial score (nSPS) is 9.67. The first kappa shape index (κ1) is 48.2. The van der Waals surface area contributed by atoms with Crippen molar-refractivity contribution in [2.24, 2.45) is 11.8 Å². The van der Waals surface area contributed by atoms with Gasteiger partial charge in [-0.1, -0.05) is 0 Å². The fourth-order valence-corrected chi connectivity index (χ4v) is 3.34. The van der Waals surface area contributed by atoms with Crippen molar-refractivity contribution < 1.29 is 119 Å². The van der Waals surface area contributed by atoms with E-state index in [1.165, 1.54) is 0 Å². The minimum absolute atomic E-state index is 0.0298. The van der Waals surface area contributed by atoms with Crippen molar-refractivity contribution in [3.63, 3.8) is 0 Å². The maximum Gasteiger partial charge on any atom is 0.336 e. The highest BCUT2D eigenvalue weighted by Crippen LogP contribution is 2.15. The first-order valence-electron chi connectivity index (χ1n) is 13.8. The molecule has 0 aliphatic carbocycles. The minimum atomic E-state index is -2.36. The van der Waals surface area contributed by atoms with Crippen LogP contribution in [-0.2, 0) is 28.8 Å². The number of carboxylic acid groups (broad SMARTS) is 12. The van der Waals surface area contributed by atoms with Crippen molar-refractivity contribution in [2.45, 2.75) is 25.7 Å². The van der Waals surface area contributed by atoms with Gasteiger partial charge in [-0.25, -0.2) is 28.8 Å². The second kappa shape index (κ2) is 22.7. The van der Waals surface area contributed by atoms with E-state index in [4.69, 9.17) is 61.3 Å². The van der Waals surface area contributed by atoms with Gasteiger partial charge in [0.1, 0.15) is 0 Å². The number of benzene rings is 2. The van der Waals surface area contributed by atoms with E-state index >= 15 is 0 Å². The maximum atomic E-state index is 10.6. The SMILES string of the molecule is O=C(O)C(C(=O)O)C(=O)O.O=C(O)CCC(CCC(=O)O)C(=O)O.O=C(O)c1cc(C(=O)O)cc(C(=O)O)c1.O=C(O)c1ccc(C(=O)O)c(C(=O)O)c1. The highest BCUT2D eigenvalue weighted by Gasteiger charge is 2.33. The van der Waals surface area contributed by atoms with Crippen LogP contribution in [0.25, 0.3) is 0 Å². The van der Waals surface area contributed by atoms with Crippen LogP contribution in [0.5, 0.6) is 0 Å². The largest absolute Gasteiger partial charge is 0.481 e. The molecule has 0 aliphatic heterocycles. The molecule has 2 aromatic carbocycles. The van der Waals surface area contributed by atoms with Gasteiger partial charge in [0.25, 0.3) is 0 Å². The van der Waals surface area contributed by atoms with Crippen molar-refractivity contribution in [2.75, 3.05) is 0 Å². The Kier molecular flexibility index (Phi) is 20.3. The van der Waals surface area contributed by atoms with E-state index in [1.807, 2.05) is 0 Å². The smallest absolute Gasteiger partial charge is 0.336 e. The average Bonchev–Trinajstić information content (AvgIpc) is 3.03. The van der Waals surface area contributed by atoms with Crippen LogP contribution >= 0.6 is 0 Å². The monoisotopic (exact) mass is 772 g/mol. The summed E-state index contributed by atoms with van der Waals surface area (Å²) in [7, 11) is 0. The van der Waals surface area contributed by atoms with Gasteiger partial charge >= 0.3 is 71.6 Å². The topological polar surface area (TPSA) is 448 Å². The molecule has 0 spiro atoms. The fourth-order valence-electron chi connectivity index (χ4n) is 3.34. The molecule has 0 atom stereocenters. The molecule has 0 aliphatic rings. The second-order valence-corrected chi connectivity index (χ2v) is 9.74. The zero-order valence-electron chi connectivity index (χ0n) is 26.7. The summed E-state index contributed by atoms with van der Waals surface area (Å²) in [6.07, 6.45) is -0.566. The summed E-state index contributed by atoms with van der Waals surface area (Å²) in [4.78, 5) is 124. The molecule has 0 saturated heterocycles. The molecule has 54 heavy (non-hydrogen) atoms. The van der Waals surface area contributed by atoms with E-state index in [0.29, 0.717) is 0 Å². The van der Waals surface area contributed by atoms with Crippen LogP contribution in [0.2, 0.25) is 0 Å². The Balaban J connectivity index is 0. The predicted molar refractivity (Wildman–Crippen MR) is 166 cm³/mol. The average molecular weight is 773 g/mol. The Morgan fingerprint density at radius 3 is 0.889 bits per heavy atom. The Hall–Kier alpha value is -7.92. The van der Waals surface area contributed by atoms with Crippen molar-refractivity contribution in [1.82, 2.24) is 0 Å². The van der Waals surface area contributed by atoms with Gasteiger partial charge in [0, 0.05) is 12.8 Å². The van der Waals surface area contributed by atoms with E-state index < -0.39 is 94.6 Å². The lowest BCUT2D eigenvalue weighted by atomic mass is 9.98. The number of carboxylic acids is 12. The van der Waals surface area contributed by atoms with Crippen LogP contribution in [0.4, 0.5) is 0 Å². The van der Waals surface area contributed by atoms with Gasteiger partial charge in [-0.15, -0.1) is 0 Å². The van der Waals surface area contributed by atoms with Crippen LogP contribution in [0.3, 0.4) is 0 Å². The molecule has 0 bridgehead atoms. The standard InChI is InChI=1S/2C9H6O6.C8H12O6.C4H4O6/c10-7(11)4-1-5(8(12)13)3-6(2-4)9(14)15;10-7(11)4-1-2-5(8(12)13)6(3-4)9(14)15;9-6(10)3-1-5(8(13)14)2-4-7(11)12;5-2(6)1(3(7)8)4(9)10/h2*1-3H,(H,10,11)(H,12,13)(H,14,15);5H,1-4H2,(H,9,10)(H,11,12)(H,13,14);1H,(H,5,6)(H,7,8)(H,9,10). The molecule has 12 N–H and O–H groups in total. The van der Waals surface area contributed by atoms with E-state index in [9.17, 15) is 57.5 Å². The Bertz CT molecular complexity index is 1690. The first-order chi connectivity index (χ1) is 24.7. The summed E-state index contributed by atoms with van der Waals surface area (Å²) in [5.41, 5.74) is -2.35. The number of hydrogen-bond acceptors (Lipinski definition) is 12. The third-order valence-corrected chi connectivity index (χ3v) is 5.90. The van der Waals surface area contributed by atoms with Gasteiger partial charge in [-0.3, -0.25) is 28.8 Å². The molecule has 0 fully saturated rings. The molecule has 2 aromatic rings. The number of aromatic carboxylic acids is 6. The van der Waals surface area contributed by atoms with Crippen LogP contribution in [0.1, 0.15) is 87.8 Å². The van der Waals surface area contributed by atoms with E-state index in [-0.39, 0.29) is 47.9 Å². The molecule has 24 heteroatoms. The molecule has 0 aromatic heterocycles. The molecule has 292 valence electrons. The van der Waals surface area contributed by atoms with Gasteiger partial charge < -0.3 is 61.3 Å².